The quantitative estimate of drug-likeness (QED) is 0.757. The molecular formula is C19H20ClFN2O4S. The van der Waals surface area contributed by atoms with Gasteiger partial charge in [-0.2, -0.15) is 0 Å². The Morgan fingerprint density at radius 2 is 2.14 bits per heavy atom. The minimum Gasteiger partial charge on any atom is -0.504 e. The van der Waals surface area contributed by atoms with Crippen molar-refractivity contribution in [2.45, 2.75) is 18.9 Å². The van der Waals surface area contributed by atoms with Gasteiger partial charge >= 0.3 is 0 Å². The van der Waals surface area contributed by atoms with Gasteiger partial charge in [-0.3, -0.25) is 4.79 Å². The van der Waals surface area contributed by atoms with Crippen molar-refractivity contribution >= 4 is 27.5 Å². The predicted molar refractivity (Wildman–Crippen MR) is 105 cm³/mol. The van der Waals surface area contributed by atoms with Gasteiger partial charge < -0.3 is 10.0 Å². The number of phenolic OH excluding ortho intramolecular Hbond substituents is 1. The number of phenols is 1. The Kier molecular flexibility index (Phi) is 5.92. The number of hydrogen-bond acceptors (Lipinski definition) is 4. The van der Waals surface area contributed by atoms with E-state index in [-0.39, 0.29) is 29.6 Å². The van der Waals surface area contributed by atoms with E-state index in [1.807, 2.05) is 18.2 Å². The van der Waals surface area contributed by atoms with Gasteiger partial charge in [0.25, 0.3) is 5.91 Å². The highest BCUT2D eigenvalue weighted by Gasteiger charge is 2.39. The first-order chi connectivity index (χ1) is 13.2. The molecule has 1 saturated heterocycles. The van der Waals surface area contributed by atoms with E-state index in [9.17, 15) is 22.7 Å². The van der Waals surface area contributed by atoms with Crippen LogP contribution in [0.4, 0.5) is 4.39 Å². The second kappa shape index (κ2) is 8.06. The molecule has 0 saturated carbocycles. The smallest absolute Gasteiger partial charge is 0.254 e. The second-order valence-corrected chi connectivity index (χ2v) is 8.82. The van der Waals surface area contributed by atoms with Gasteiger partial charge in [0, 0.05) is 36.0 Å². The highest BCUT2D eigenvalue weighted by Crippen LogP contribution is 2.32. The van der Waals surface area contributed by atoms with Crippen LogP contribution in [0, 0.1) is 11.7 Å². The molecule has 28 heavy (non-hydrogen) atoms. The Morgan fingerprint density at radius 3 is 2.75 bits per heavy atom. The van der Waals surface area contributed by atoms with E-state index in [2.05, 4.69) is 11.3 Å². The Labute approximate surface area is 168 Å². The summed E-state index contributed by atoms with van der Waals surface area (Å²) in [5, 5.41) is 10.0. The number of amides is 1. The monoisotopic (exact) mass is 426 g/mol. The molecule has 0 radical (unpaired) electrons. The summed E-state index contributed by atoms with van der Waals surface area (Å²) in [7, 11) is -3.69. The van der Waals surface area contributed by atoms with E-state index >= 15 is 0 Å². The number of aromatic hydroxyl groups is 1. The molecule has 1 aromatic carbocycles. The zero-order valence-electron chi connectivity index (χ0n) is 14.9. The molecule has 1 fully saturated rings. The van der Waals surface area contributed by atoms with E-state index in [4.69, 9.17) is 11.6 Å². The zero-order valence-corrected chi connectivity index (χ0v) is 16.5. The maximum atomic E-state index is 13.8. The molecular weight excluding hydrogens is 407 g/mol. The third-order valence-electron chi connectivity index (χ3n) is 4.93. The third-order valence-corrected chi connectivity index (χ3v) is 6.29. The van der Waals surface area contributed by atoms with Gasteiger partial charge in [-0.25, -0.2) is 17.5 Å². The van der Waals surface area contributed by atoms with Crippen LogP contribution in [0.3, 0.4) is 0 Å². The Balaban J connectivity index is 1.88. The topological polar surface area (TPSA) is 86.7 Å². The molecule has 0 spiro atoms. The van der Waals surface area contributed by atoms with Crippen molar-refractivity contribution in [2.75, 3.05) is 13.1 Å². The number of sulfonamides is 1. The zero-order chi connectivity index (χ0) is 20.5. The van der Waals surface area contributed by atoms with Crippen LogP contribution < -0.4 is 4.72 Å². The second-order valence-electron chi connectivity index (χ2n) is 6.75. The molecule has 1 aromatic rings. The summed E-state index contributed by atoms with van der Waals surface area (Å²) in [6.07, 6.45) is 7.49. The molecule has 6 nitrogen and oxygen atoms in total. The van der Waals surface area contributed by atoms with Gasteiger partial charge in [-0.15, -0.1) is 0 Å². The minimum atomic E-state index is -3.69. The Hall–Kier alpha value is -2.16. The first-order valence-electron chi connectivity index (χ1n) is 8.69. The Bertz CT molecular complexity index is 951. The van der Waals surface area contributed by atoms with Crippen molar-refractivity contribution in [1.82, 2.24) is 9.62 Å². The number of carbonyl (C=O) groups excluding carboxylic acids is 1. The van der Waals surface area contributed by atoms with Gasteiger partial charge in [-0.05, 0) is 25.0 Å². The molecule has 1 aliphatic carbocycles. The number of benzene rings is 1. The van der Waals surface area contributed by atoms with Crippen LogP contribution >= 0.6 is 11.6 Å². The summed E-state index contributed by atoms with van der Waals surface area (Å²) >= 11 is 5.77. The summed E-state index contributed by atoms with van der Waals surface area (Å²) in [4.78, 5) is 14.3. The average molecular weight is 427 g/mol. The van der Waals surface area contributed by atoms with Crippen molar-refractivity contribution in [2.24, 2.45) is 5.92 Å². The van der Waals surface area contributed by atoms with Crippen LogP contribution in [-0.2, 0) is 10.0 Å². The molecule has 2 aliphatic rings. The minimum absolute atomic E-state index is 0.0104. The van der Waals surface area contributed by atoms with Crippen LogP contribution in [0.5, 0.6) is 5.75 Å². The van der Waals surface area contributed by atoms with Crippen molar-refractivity contribution in [3.05, 3.63) is 64.3 Å². The molecule has 150 valence electrons. The third kappa shape index (κ3) is 4.29. The van der Waals surface area contributed by atoms with Crippen LogP contribution in [0.25, 0.3) is 0 Å². The fourth-order valence-electron chi connectivity index (χ4n) is 3.53. The number of halogens is 2. The lowest BCUT2D eigenvalue weighted by Crippen LogP contribution is -2.40. The normalized spacial score (nSPS) is 22.2. The lowest BCUT2D eigenvalue weighted by atomic mass is 9.89. The van der Waals surface area contributed by atoms with Gasteiger partial charge in [0.2, 0.25) is 10.0 Å². The molecule has 1 heterocycles. The van der Waals surface area contributed by atoms with Crippen LogP contribution in [0.2, 0.25) is 5.02 Å². The number of carbonyl (C=O) groups is 1. The fraction of sp³-hybridized carbons (Fsp3) is 0.316. The van der Waals surface area contributed by atoms with E-state index < -0.39 is 33.5 Å². The molecule has 1 aliphatic heterocycles. The summed E-state index contributed by atoms with van der Waals surface area (Å²) in [5.41, 5.74) is 1.04. The lowest BCUT2D eigenvalue weighted by Gasteiger charge is -2.22. The van der Waals surface area contributed by atoms with E-state index in [1.165, 1.54) is 11.0 Å². The molecule has 0 unspecified atom stereocenters. The molecule has 9 heteroatoms. The van der Waals surface area contributed by atoms with Gasteiger partial charge in [0.15, 0.2) is 11.6 Å². The van der Waals surface area contributed by atoms with Crippen LogP contribution in [0.1, 0.15) is 23.2 Å². The molecule has 2 N–H and O–H groups in total. The van der Waals surface area contributed by atoms with Crippen molar-refractivity contribution < 1.29 is 22.7 Å². The predicted octanol–water partition coefficient (Wildman–Crippen LogP) is 2.96. The molecule has 0 bridgehead atoms. The summed E-state index contributed by atoms with van der Waals surface area (Å²) < 4.78 is 40.3. The van der Waals surface area contributed by atoms with Gasteiger partial charge in [-0.1, -0.05) is 42.0 Å². The van der Waals surface area contributed by atoms with Crippen LogP contribution in [0.15, 0.2) is 47.9 Å². The van der Waals surface area contributed by atoms with Crippen LogP contribution in [-0.4, -0.2) is 43.5 Å². The molecule has 2 atom stereocenters. The number of nitrogens with one attached hydrogen (secondary N) is 1. The maximum Gasteiger partial charge on any atom is 0.254 e. The highest BCUT2D eigenvalue weighted by molar-refractivity contribution is 7.92. The first kappa shape index (κ1) is 20.6. The summed E-state index contributed by atoms with van der Waals surface area (Å²) in [5.74, 6) is -2.40. The first-order valence-corrected chi connectivity index (χ1v) is 10.6. The number of hydrogen-bond donors (Lipinski definition) is 2. The van der Waals surface area contributed by atoms with Crippen molar-refractivity contribution in [3.63, 3.8) is 0 Å². The SMILES string of the molecule is C=CS(=O)(=O)N[C@@H]1CN(C(=O)c2cc(F)c(O)c(Cl)c2)C[C@H]1C1=CC=CCC1. The molecule has 0 aromatic heterocycles. The Morgan fingerprint density at radius 1 is 1.39 bits per heavy atom. The summed E-state index contributed by atoms with van der Waals surface area (Å²) in [6, 6.07) is 1.59. The fourth-order valence-corrected chi connectivity index (χ4v) is 4.49. The average Bonchev–Trinajstić information content (AvgIpc) is 3.08. The number of nitrogens with zero attached hydrogens (tertiary/aromatic N) is 1. The number of rotatable bonds is 5. The summed E-state index contributed by atoms with van der Waals surface area (Å²) in [6.45, 7) is 3.71. The number of allylic oxidation sites excluding steroid dienone is 3. The standard InChI is InChI=1S/C19H20ClFN2O4S/c1-2-28(26,27)22-17-11-23(10-14(17)12-6-4-3-5-7-12)19(25)13-8-15(20)18(24)16(21)9-13/h2-4,6,8-9,14,17,22,24H,1,5,7,10-11H2/t14-,17+/m0/s1. The highest BCUT2D eigenvalue weighted by atomic mass is 35.5. The molecule has 3 rings (SSSR count). The maximum absolute atomic E-state index is 13.8. The number of likely N-dealkylation sites (tertiary alicyclic amines) is 1. The lowest BCUT2D eigenvalue weighted by molar-refractivity contribution is 0.0786. The van der Waals surface area contributed by atoms with Gasteiger partial charge in [0.05, 0.1) is 5.02 Å². The van der Waals surface area contributed by atoms with E-state index in [0.29, 0.717) is 0 Å². The molecule has 1 amide bonds. The van der Waals surface area contributed by atoms with Gasteiger partial charge in [0.1, 0.15) is 0 Å². The van der Waals surface area contributed by atoms with E-state index in [1.54, 1.807) is 0 Å². The van der Waals surface area contributed by atoms with E-state index in [0.717, 1.165) is 29.9 Å². The van der Waals surface area contributed by atoms with Crippen molar-refractivity contribution in [1.29, 1.82) is 0 Å². The van der Waals surface area contributed by atoms with Crippen molar-refractivity contribution in [3.8, 4) is 5.75 Å². The largest absolute Gasteiger partial charge is 0.504 e.